The molecule has 0 fully saturated rings. The lowest BCUT2D eigenvalue weighted by molar-refractivity contribution is 0.169. The van der Waals surface area contributed by atoms with Gasteiger partial charge < -0.3 is 10.4 Å². The minimum absolute atomic E-state index is 0.170. The molecule has 0 radical (unpaired) electrons. The molecule has 15 heavy (non-hydrogen) atoms. The Labute approximate surface area is 95.6 Å². The maximum absolute atomic E-state index is 9.24. The molecule has 0 aliphatic carbocycles. The van der Waals surface area contributed by atoms with Gasteiger partial charge in [-0.05, 0) is 19.8 Å². The molecule has 0 saturated carbocycles. The summed E-state index contributed by atoms with van der Waals surface area (Å²) in [7, 11) is 0. The molecule has 3 nitrogen and oxygen atoms in total. The van der Waals surface area contributed by atoms with Gasteiger partial charge in [-0.15, -0.1) is 11.3 Å². The van der Waals surface area contributed by atoms with Gasteiger partial charge >= 0.3 is 0 Å². The van der Waals surface area contributed by atoms with Crippen LogP contribution in [0.4, 0.5) is 0 Å². The number of aliphatic hydroxyl groups excluding tert-OH is 1. The maximum Gasteiger partial charge on any atom is 0.0925 e. The van der Waals surface area contributed by atoms with Crippen molar-refractivity contribution in [2.75, 3.05) is 6.61 Å². The van der Waals surface area contributed by atoms with Gasteiger partial charge in [-0.1, -0.05) is 13.8 Å². The topological polar surface area (TPSA) is 45.2 Å². The molecule has 0 aliphatic heterocycles. The zero-order chi connectivity index (χ0) is 11.3. The van der Waals surface area contributed by atoms with Gasteiger partial charge in [0.1, 0.15) is 0 Å². The molecule has 0 aromatic carbocycles. The van der Waals surface area contributed by atoms with Crippen molar-refractivity contribution in [1.82, 2.24) is 10.3 Å². The Balaban J connectivity index is 2.49. The number of aliphatic hydroxyl groups is 1. The highest BCUT2D eigenvalue weighted by Crippen LogP contribution is 2.15. The van der Waals surface area contributed by atoms with Gasteiger partial charge in [0.25, 0.3) is 0 Å². The molecule has 0 amide bonds. The van der Waals surface area contributed by atoms with Crippen molar-refractivity contribution in [2.24, 2.45) is 0 Å². The zero-order valence-electron chi connectivity index (χ0n) is 9.71. The van der Waals surface area contributed by atoms with Gasteiger partial charge in [-0.25, -0.2) is 4.98 Å². The first-order valence-electron chi connectivity index (χ1n) is 5.43. The molecular formula is C11H20N2OS. The van der Waals surface area contributed by atoms with Crippen LogP contribution >= 0.6 is 11.3 Å². The van der Waals surface area contributed by atoms with Crippen molar-refractivity contribution >= 4 is 11.3 Å². The number of hydrogen-bond acceptors (Lipinski definition) is 4. The summed E-state index contributed by atoms with van der Waals surface area (Å²) in [6.07, 6.45) is 3.84. The normalized spacial score (nSPS) is 15.2. The van der Waals surface area contributed by atoms with E-state index >= 15 is 0 Å². The predicted molar refractivity (Wildman–Crippen MR) is 64.1 cm³/mol. The van der Waals surface area contributed by atoms with Crippen LogP contribution in [0.1, 0.15) is 37.1 Å². The molecule has 1 unspecified atom stereocenters. The second-order valence-electron chi connectivity index (χ2n) is 4.00. The van der Waals surface area contributed by atoms with Crippen molar-refractivity contribution < 1.29 is 5.11 Å². The molecule has 2 N–H and O–H groups in total. The highest BCUT2D eigenvalue weighted by atomic mass is 32.1. The lowest BCUT2D eigenvalue weighted by atomic mass is 10.0. The highest BCUT2D eigenvalue weighted by molar-refractivity contribution is 7.11. The largest absolute Gasteiger partial charge is 0.394 e. The third-order valence-corrected chi connectivity index (χ3v) is 3.86. The van der Waals surface area contributed by atoms with E-state index in [1.165, 1.54) is 9.88 Å². The van der Waals surface area contributed by atoms with E-state index in [1.807, 2.05) is 13.1 Å². The van der Waals surface area contributed by atoms with Gasteiger partial charge in [0.2, 0.25) is 0 Å². The molecule has 1 atom stereocenters. The fourth-order valence-electron chi connectivity index (χ4n) is 1.19. The summed E-state index contributed by atoms with van der Waals surface area (Å²) >= 11 is 1.74. The van der Waals surface area contributed by atoms with Crippen LogP contribution in [0.25, 0.3) is 0 Å². The van der Waals surface area contributed by atoms with Gasteiger partial charge in [0.15, 0.2) is 0 Å². The van der Waals surface area contributed by atoms with E-state index in [-0.39, 0.29) is 12.1 Å². The summed E-state index contributed by atoms with van der Waals surface area (Å²) in [6.45, 7) is 7.19. The van der Waals surface area contributed by atoms with Crippen molar-refractivity contribution in [3.63, 3.8) is 0 Å². The van der Waals surface area contributed by atoms with E-state index < -0.39 is 0 Å². The smallest absolute Gasteiger partial charge is 0.0925 e. The number of hydrogen-bond donors (Lipinski definition) is 2. The Morgan fingerprint density at radius 3 is 2.73 bits per heavy atom. The number of aromatic nitrogens is 1. The summed E-state index contributed by atoms with van der Waals surface area (Å²) in [5, 5.41) is 13.8. The Morgan fingerprint density at radius 1 is 1.53 bits per heavy atom. The zero-order valence-corrected chi connectivity index (χ0v) is 10.5. The fourth-order valence-corrected chi connectivity index (χ4v) is 1.99. The molecule has 0 spiro atoms. The van der Waals surface area contributed by atoms with Gasteiger partial charge in [-0.2, -0.15) is 0 Å². The van der Waals surface area contributed by atoms with E-state index in [0.29, 0.717) is 0 Å². The van der Waals surface area contributed by atoms with Crippen LogP contribution in [0.5, 0.6) is 0 Å². The number of nitrogens with one attached hydrogen (secondary N) is 1. The fraction of sp³-hybridized carbons (Fsp3) is 0.727. The first kappa shape index (κ1) is 12.6. The Morgan fingerprint density at radius 2 is 2.27 bits per heavy atom. The molecule has 1 heterocycles. The number of nitrogens with zero attached hydrogens (tertiary/aromatic N) is 1. The first-order chi connectivity index (χ1) is 7.13. The first-order valence-corrected chi connectivity index (χ1v) is 6.24. The van der Waals surface area contributed by atoms with Gasteiger partial charge in [0, 0.05) is 23.2 Å². The van der Waals surface area contributed by atoms with Crippen LogP contribution in [0.3, 0.4) is 0 Å². The third kappa shape index (κ3) is 3.55. The monoisotopic (exact) mass is 228 g/mol. The lowest BCUT2D eigenvalue weighted by Crippen LogP contribution is -2.44. The van der Waals surface area contributed by atoms with Crippen molar-refractivity contribution in [2.45, 2.75) is 45.7 Å². The van der Waals surface area contributed by atoms with Crippen LogP contribution in [-0.4, -0.2) is 22.2 Å². The van der Waals surface area contributed by atoms with Crippen LogP contribution in [0.2, 0.25) is 0 Å². The Bertz CT molecular complexity index is 295. The molecule has 4 heteroatoms. The minimum Gasteiger partial charge on any atom is -0.394 e. The third-order valence-electron chi connectivity index (χ3n) is 2.72. The second kappa shape index (κ2) is 5.58. The molecule has 86 valence electrons. The number of aryl methyl sites for hydroxylation is 1. The number of thiazole rings is 1. The SMILES string of the molecule is CCc1ncc(CNC(C)(CC)CO)s1. The quantitative estimate of drug-likeness (QED) is 0.782. The average molecular weight is 228 g/mol. The van der Waals surface area contributed by atoms with Gasteiger partial charge in [-0.3, -0.25) is 0 Å². The highest BCUT2D eigenvalue weighted by Gasteiger charge is 2.19. The van der Waals surface area contributed by atoms with E-state index in [2.05, 4.69) is 24.1 Å². The molecule has 1 aromatic rings. The van der Waals surface area contributed by atoms with Crippen molar-refractivity contribution in [3.8, 4) is 0 Å². The summed E-state index contributed by atoms with van der Waals surface area (Å²) in [5.74, 6) is 0. The van der Waals surface area contributed by atoms with E-state index in [1.54, 1.807) is 11.3 Å². The second-order valence-corrected chi connectivity index (χ2v) is 5.20. The van der Waals surface area contributed by atoms with Crippen LogP contribution in [0.15, 0.2) is 6.20 Å². The summed E-state index contributed by atoms with van der Waals surface area (Å²) < 4.78 is 0. The van der Waals surface area contributed by atoms with E-state index in [0.717, 1.165) is 19.4 Å². The molecule has 0 bridgehead atoms. The van der Waals surface area contributed by atoms with Crippen molar-refractivity contribution in [1.29, 1.82) is 0 Å². The van der Waals surface area contributed by atoms with E-state index in [4.69, 9.17) is 0 Å². The summed E-state index contributed by atoms with van der Waals surface area (Å²) in [6, 6.07) is 0. The molecular weight excluding hydrogens is 208 g/mol. The Kier molecular flexibility index (Phi) is 4.70. The van der Waals surface area contributed by atoms with Crippen LogP contribution in [0, 0.1) is 0 Å². The van der Waals surface area contributed by atoms with Crippen LogP contribution in [-0.2, 0) is 13.0 Å². The van der Waals surface area contributed by atoms with E-state index in [9.17, 15) is 5.11 Å². The Hall–Kier alpha value is -0.450. The molecule has 1 rings (SSSR count). The summed E-state index contributed by atoms with van der Waals surface area (Å²) in [4.78, 5) is 5.54. The summed E-state index contributed by atoms with van der Waals surface area (Å²) in [5.41, 5.74) is -0.170. The van der Waals surface area contributed by atoms with Crippen molar-refractivity contribution in [3.05, 3.63) is 16.1 Å². The molecule has 1 aromatic heterocycles. The van der Waals surface area contributed by atoms with Gasteiger partial charge in [0.05, 0.1) is 11.6 Å². The molecule has 0 aliphatic rings. The maximum atomic E-state index is 9.24. The predicted octanol–water partition coefficient (Wildman–Crippen LogP) is 1.96. The standard InChI is InChI=1S/C11H20N2OS/c1-4-10-12-6-9(15-10)7-13-11(3,5-2)8-14/h6,13-14H,4-5,7-8H2,1-3H3. The number of rotatable bonds is 6. The average Bonchev–Trinajstić information content (AvgIpc) is 2.74. The van der Waals surface area contributed by atoms with Crippen LogP contribution < -0.4 is 5.32 Å². The molecule has 0 saturated heterocycles. The lowest BCUT2D eigenvalue weighted by Gasteiger charge is -2.26. The minimum atomic E-state index is -0.170.